The SMILES string of the molecule is O=C(CNc1ccccc1N1CCCC1=O)NCC(=O)Nc1ccc(F)c(F)c1F. The number of carbonyl (C=O) groups excluding carboxylic acids is 3. The van der Waals surface area contributed by atoms with Crippen LogP contribution in [-0.2, 0) is 14.4 Å². The summed E-state index contributed by atoms with van der Waals surface area (Å²) < 4.78 is 39.7. The van der Waals surface area contributed by atoms with Gasteiger partial charge in [0.25, 0.3) is 0 Å². The summed E-state index contributed by atoms with van der Waals surface area (Å²) in [5.74, 6) is -5.93. The van der Waals surface area contributed by atoms with Crippen LogP contribution in [0.4, 0.5) is 30.2 Å². The van der Waals surface area contributed by atoms with Gasteiger partial charge in [-0.2, -0.15) is 0 Å². The number of halogens is 3. The lowest BCUT2D eigenvalue weighted by Crippen LogP contribution is -2.36. The number of rotatable bonds is 7. The largest absolute Gasteiger partial charge is 0.374 e. The topological polar surface area (TPSA) is 90.5 Å². The molecule has 30 heavy (non-hydrogen) atoms. The zero-order valence-electron chi connectivity index (χ0n) is 15.8. The van der Waals surface area contributed by atoms with Gasteiger partial charge in [-0.05, 0) is 30.7 Å². The Balaban J connectivity index is 1.51. The summed E-state index contributed by atoms with van der Waals surface area (Å²) in [6.07, 6.45) is 1.24. The van der Waals surface area contributed by atoms with Crippen molar-refractivity contribution in [3.05, 3.63) is 53.8 Å². The number of benzene rings is 2. The maximum atomic E-state index is 13.6. The van der Waals surface area contributed by atoms with Crippen LogP contribution in [0.2, 0.25) is 0 Å². The fourth-order valence-electron chi connectivity index (χ4n) is 3.00. The number of carbonyl (C=O) groups is 3. The molecule has 2 aromatic rings. The van der Waals surface area contributed by atoms with Gasteiger partial charge in [-0.3, -0.25) is 14.4 Å². The van der Waals surface area contributed by atoms with Gasteiger partial charge in [0.2, 0.25) is 17.7 Å². The second-order valence-corrected chi connectivity index (χ2v) is 6.57. The van der Waals surface area contributed by atoms with Crippen molar-refractivity contribution in [1.29, 1.82) is 0 Å². The Hall–Kier alpha value is -3.56. The van der Waals surface area contributed by atoms with Crippen molar-refractivity contribution in [2.45, 2.75) is 12.8 Å². The van der Waals surface area contributed by atoms with Gasteiger partial charge in [0.1, 0.15) is 0 Å². The summed E-state index contributed by atoms with van der Waals surface area (Å²) in [5.41, 5.74) is 0.728. The molecule has 7 nitrogen and oxygen atoms in total. The van der Waals surface area contributed by atoms with E-state index in [0.29, 0.717) is 30.4 Å². The predicted octanol–water partition coefficient (Wildman–Crippen LogP) is 2.40. The molecule has 158 valence electrons. The van der Waals surface area contributed by atoms with Gasteiger partial charge in [-0.25, -0.2) is 13.2 Å². The van der Waals surface area contributed by atoms with E-state index in [0.717, 1.165) is 12.5 Å². The standard InChI is InChI=1S/C20H19F3N4O3/c21-12-7-8-14(20(23)19(12)22)26-17(29)11-25-16(28)10-24-13-4-1-2-5-15(13)27-9-3-6-18(27)30/h1-2,4-5,7-8,24H,3,6,9-11H2,(H,25,28)(H,26,29). The molecule has 0 bridgehead atoms. The lowest BCUT2D eigenvalue weighted by molar-refractivity contribution is -0.122. The second-order valence-electron chi connectivity index (χ2n) is 6.57. The highest BCUT2D eigenvalue weighted by Gasteiger charge is 2.23. The fourth-order valence-corrected chi connectivity index (χ4v) is 3.00. The Labute approximate surface area is 170 Å². The molecule has 3 amide bonds. The van der Waals surface area contributed by atoms with E-state index in [1.165, 1.54) is 0 Å². The molecule has 3 N–H and O–H groups in total. The van der Waals surface area contributed by atoms with Crippen LogP contribution in [0.1, 0.15) is 12.8 Å². The summed E-state index contributed by atoms with van der Waals surface area (Å²) in [6.45, 7) is -0.0680. The molecule has 1 aliphatic heterocycles. The van der Waals surface area contributed by atoms with Crippen molar-refractivity contribution in [1.82, 2.24) is 5.32 Å². The predicted molar refractivity (Wildman–Crippen MR) is 104 cm³/mol. The molecule has 1 saturated heterocycles. The number of para-hydroxylation sites is 2. The number of anilines is 3. The van der Waals surface area contributed by atoms with E-state index >= 15 is 0 Å². The Morgan fingerprint density at radius 1 is 0.933 bits per heavy atom. The van der Waals surface area contributed by atoms with Crippen LogP contribution < -0.4 is 20.9 Å². The van der Waals surface area contributed by atoms with E-state index in [1.54, 1.807) is 29.2 Å². The number of hydrogen-bond donors (Lipinski definition) is 3. The molecular weight excluding hydrogens is 401 g/mol. The molecule has 1 fully saturated rings. The van der Waals surface area contributed by atoms with E-state index < -0.39 is 41.5 Å². The minimum Gasteiger partial charge on any atom is -0.374 e. The molecule has 0 radical (unpaired) electrons. The lowest BCUT2D eigenvalue weighted by Gasteiger charge is -2.20. The first-order valence-corrected chi connectivity index (χ1v) is 9.20. The zero-order chi connectivity index (χ0) is 21.7. The van der Waals surface area contributed by atoms with Gasteiger partial charge in [0.15, 0.2) is 17.5 Å². The highest BCUT2D eigenvalue weighted by molar-refractivity contribution is 5.99. The highest BCUT2D eigenvalue weighted by Crippen LogP contribution is 2.29. The third kappa shape index (κ3) is 4.88. The van der Waals surface area contributed by atoms with Crippen LogP contribution in [0.5, 0.6) is 0 Å². The van der Waals surface area contributed by atoms with E-state index in [4.69, 9.17) is 0 Å². The molecule has 1 heterocycles. The lowest BCUT2D eigenvalue weighted by atomic mass is 10.2. The number of nitrogens with zero attached hydrogens (tertiary/aromatic N) is 1. The van der Waals surface area contributed by atoms with Crippen LogP contribution >= 0.6 is 0 Å². The van der Waals surface area contributed by atoms with Gasteiger partial charge in [-0.1, -0.05) is 12.1 Å². The van der Waals surface area contributed by atoms with Gasteiger partial charge in [0, 0.05) is 13.0 Å². The quantitative estimate of drug-likeness (QED) is 0.600. The van der Waals surface area contributed by atoms with E-state index in [2.05, 4.69) is 16.0 Å². The van der Waals surface area contributed by atoms with Crippen molar-refractivity contribution in [3.63, 3.8) is 0 Å². The summed E-state index contributed by atoms with van der Waals surface area (Å²) in [7, 11) is 0. The Kier molecular flexibility index (Phi) is 6.55. The van der Waals surface area contributed by atoms with Crippen molar-refractivity contribution in [2.24, 2.45) is 0 Å². The first-order valence-electron chi connectivity index (χ1n) is 9.20. The third-order valence-electron chi connectivity index (χ3n) is 4.46. The monoisotopic (exact) mass is 420 g/mol. The van der Waals surface area contributed by atoms with Gasteiger partial charge in [-0.15, -0.1) is 0 Å². The molecule has 0 saturated carbocycles. The average molecular weight is 420 g/mol. The first-order chi connectivity index (χ1) is 14.4. The Morgan fingerprint density at radius 2 is 1.70 bits per heavy atom. The van der Waals surface area contributed by atoms with Crippen molar-refractivity contribution in [3.8, 4) is 0 Å². The van der Waals surface area contributed by atoms with Crippen molar-refractivity contribution in [2.75, 3.05) is 35.2 Å². The normalized spacial score (nSPS) is 13.3. The smallest absolute Gasteiger partial charge is 0.243 e. The number of hydrogen-bond acceptors (Lipinski definition) is 4. The van der Waals surface area contributed by atoms with E-state index in [1.807, 2.05) is 0 Å². The molecule has 0 atom stereocenters. The number of amides is 3. The third-order valence-corrected chi connectivity index (χ3v) is 4.46. The summed E-state index contributed by atoms with van der Waals surface area (Å²) in [4.78, 5) is 37.5. The summed E-state index contributed by atoms with van der Waals surface area (Å²) >= 11 is 0. The maximum Gasteiger partial charge on any atom is 0.243 e. The molecule has 2 aromatic carbocycles. The van der Waals surface area contributed by atoms with Crippen molar-refractivity contribution >= 4 is 34.8 Å². The summed E-state index contributed by atoms with van der Waals surface area (Å²) in [6, 6.07) is 8.60. The van der Waals surface area contributed by atoms with Crippen LogP contribution in [0.3, 0.4) is 0 Å². The van der Waals surface area contributed by atoms with E-state index in [-0.39, 0.29) is 12.5 Å². The average Bonchev–Trinajstić information content (AvgIpc) is 3.17. The zero-order valence-corrected chi connectivity index (χ0v) is 15.8. The molecule has 3 rings (SSSR count). The molecular formula is C20H19F3N4O3. The fraction of sp³-hybridized carbons (Fsp3) is 0.250. The van der Waals surface area contributed by atoms with Crippen LogP contribution in [0.15, 0.2) is 36.4 Å². The number of nitrogens with one attached hydrogen (secondary N) is 3. The Bertz CT molecular complexity index is 984. The Morgan fingerprint density at radius 3 is 2.43 bits per heavy atom. The van der Waals surface area contributed by atoms with Crippen LogP contribution in [0.25, 0.3) is 0 Å². The molecule has 0 spiro atoms. The minimum absolute atomic E-state index is 0.00911. The molecule has 0 aromatic heterocycles. The summed E-state index contributed by atoms with van der Waals surface area (Å²) in [5, 5.41) is 7.31. The molecule has 0 aliphatic carbocycles. The maximum absolute atomic E-state index is 13.6. The van der Waals surface area contributed by atoms with Crippen LogP contribution in [0, 0.1) is 17.5 Å². The molecule has 1 aliphatic rings. The van der Waals surface area contributed by atoms with Crippen LogP contribution in [-0.4, -0.2) is 37.4 Å². The van der Waals surface area contributed by atoms with Gasteiger partial charge >= 0.3 is 0 Å². The minimum atomic E-state index is -1.70. The van der Waals surface area contributed by atoms with Gasteiger partial charge < -0.3 is 20.9 Å². The molecule has 10 heteroatoms. The van der Waals surface area contributed by atoms with E-state index in [9.17, 15) is 27.6 Å². The highest BCUT2D eigenvalue weighted by atomic mass is 19.2. The molecule has 0 unspecified atom stereocenters. The second kappa shape index (κ2) is 9.29. The first kappa shape index (κ1) is 21.2. The van der Waals surface area contributed by atoms with Gasteiger partial charge in [0.05, 0.1) is 30.2 Å². The van der Waals surface area contributed by atoms with Crippen molar-refractivity contribution < 1.29 is 27.6 Å².